The second-order valence-corrected chi connectivity index (χ2v) is 7.40. The van der Waals surface area contributed by atoms with Gasteiger partial charge in [0, 0.05) is 32.9 Å². The molecule has 0 aliphatic carbocycles. The van der Waals surface area contributed by atoms with Gasteiger partial charge in [0.05, 0.1) is 15.6 Å². The first-order valence-corrected chi connectivity index (χ1v) is 8.55. The summed E-state index contributed by atoms with van der Waals surface area (Å²) in [7, 11) is -2.21. The minimum Gasteiger partial charge on any atom is -0.325 e. The monoisotopic (exact) mass is 353 g/mol. The van der Waals surface area contributed by atoms with Crippen molar-refractivity contribution in [2.75, 3.05) is 12.4 Å². The molecule has 0 aliphatic heterocycles. The molecule has 0 atom stereocenters. The number of rotatable bonds is 5. The lowest BCUT2D eigenvalue weighted by Gasteiger charge is -2.18. The predicted molar refractivity (Wildman–Crippen MR) is 88.6 cm³/mol. The molecule has 0 aliphatic rings. The van der Waals surface area contributed by atoms with Crippen LogP contribution in [0.3, 0.4) is 0 Å². The minimum absolute atomic E-state index is 0.0583. The zero-order chi connectivity index (χ0) is 17.0. The van der Waals surface area contributed by atoms with Crippen molar-refractivity contribution < 1.29 is 13.2 Å². The van der Waals surface area contributed by atoms with E-state index in [2.05, 4.69) is 10.3 Å². The number of aromatic nitrogens is 1. The van der Waals surface area contributed by atoms with Gasteiger partial charge in [-0.3, -0.25) is 9.78 Å². The number of carbonyl (C=O) groups excluding carboxylic acids is 1. The van der Waals surface area contributed by atoms with Crippen LogP contribution < -0.4 is 5.32 Å². The van der Waals surface area contributed by atoms with Gasteiger partial charge in [0.25, 0.3) is 0 Å². The number of anilines is 1. The van der Waals surface area contributed by atoms with Crippen LogP contribution in [0.5, 0.6) is 0 Å². The Morgan fingerprint density at radius 2 is 2.09 bits per heavy atom. The van der Waals surface area contributed by atoms with Gasteiger partial charge in [-0.05, 0) is 29.8 Å². The summed E-state index contributed by atoms with van der Waals surface area (Å²) >= 11 is 6.04. The van der Waals surface area contributed by atoms with Crippen molar-refractivity contribution in [3.8, 4) is 0 Å². The van der Waals surface area contributed by atoms with E-state index in [4.69, 9.17) is 11.6 Å². The number of pyridine rings is 1. The van der Waals surface area contributed by atoms with Gasteiger partial charge < -0.3 is 5.32 Å². The number of amides is 1. The van der Waals surface area contributed by atoms with Crippen molar-refractivity contribution in [3.63, 3.8) is 0 Å². The van der Waals surface area contributed by atoms with Crippen molar-refractivity contribution in [1.29, 1.82) is 0 Å². The molecule has 1 aromatic carbocycles. The van der Waals surface area contributed by atoms with Crippen molar-refractivity contribution in [1.82, 2.24) is 9.29 Å². The van der Waals surface area contributed by atoms with Crippen LogP contribution in [-0.2, 0) is 21.4 Å². The van der Waals surface area contributed by atoms with Gasteiger partial charge in [-0.25, -0.2) is 8.42 Å². The SMILES string of the molecule is CC(=O)Nc1ccc(S(=O)(=O)N(C)Cc2cccnc2)cc1Cl. The highest BCUT2D eigenvalue weighted by Crippen LogP contribution is 2.27. The summed E-state index contributed by atoms with van der Waals surface area (Å²) in [5.41, 5.74) is 1.15. The fraction of sp³-hybridized carbons (Fsp3) is 0.200. The lowest BCUT2D eigenvalue weighted by molar-refractivity contribution is -0.114. The molecule has 8 heteroatoms. The molecule has 0 spiro atoms. The molecular formula is C15H16ClN3O3S. The first-order chi connectivity index (χ1) is 10.8. The van der Waals surface area contributed by atoms with E-state index in [1.165, 1.54) is 36.5 Å². The highest BCUT2D eigenvalue weighted by atomic mass is 35.5. The van der Waals surface area contributed by atoms with Crippen molar-refractivity contribution >= 4 is 33.2 Å². The molecule has 2 aromatic rings. The maximum absolute atomic E-state index is 12.6. The van der Waals surface area contributed by atoms with Crippen LogP contribution in [0.1, 0.15) is 12.5 Å². The third kappa shape index (κ3) is 4.28. The van der Waals surface area contributed by atoms with Crippen LogP contribution in [0, 0.1) is 0 Å². The largest absolute Gasteiger partial charge is 0.325 e. The molecule has 0 saturated carbocycles. The van der Waals surface area contributed by atoms with Crippen LogP contribution in [0.15, 0.2) is 47.6 Å². The van der Waals surface area contributed by atoms with E-state index in [9.17, 15) is 13.2 Å². The fourth-order valence-corrected chi connectivity index (χ4v) is 3.44. The number of nitrogens with one attached hydrogen (secondary N) is 1. The molecular weight excluding hydrogens is 338 g/mol. The zero-order valence-corrected chi connectivity index (χ0v) is 14.2. The number of hydrogen-bond acceptors (Lipinski definition) is 4. The molecule has 0 unspecified atom stereocenters. The van der Waals surface area contributed by atoms with Crippen LogP contribution >= 0.6 is 11.6 Å². The lowest BCUT2D eigenvalue weighted by Crippen LogP contribution is -2.26. The van der Waals surface area contributed by atoms with Gasteiger partial charge in [-0.2, -0.15) is 4.31 Å². The summed E-state index contributed by atoms with van der Waals surface area (Å²) < 4.78 is 26.4. The third-order valence-electron chi connectivity index (χ3n) is 3.09. The van der Waals surface area contributed by atoms with E-state index >= 15 is 0 Å². The quantitative estimate of drug-likeness (QED) is 0.895. The summed E-state index contributed by atoms with van der Waals surface area (Å²) in [5.74, 6) is -0.281. The Morgan fingerprint density at radius 3 is 2.65 bits per heavy atom. The van der Waals surface area contributed by atoms with Gasteiger partial charge in [-0.1, -0.05) is 17.7 Å². The summed E-state index contributed by atoms with van der Waals surface area (Å²) in [6.07, 6.45) is 3.23. The van der Waals surface area contributed by atoms with Gasteiger partial charge in [0.15, 0.2) is 0 Å². The second-order valence-electron chi connectivity index (χ2n) is 4.95. The van der Waals surface area contributed by atoms with Gasteiger partial charge in [0.2, 0.25) is 15.9 Å². The second kappa shape index (κ2) is 7.08. The highest BCUT2D eigenvalue weighted by molar-refractivity contribution is 7.89. The summed E-state index contributed by atoms with van der Waals surface area (Å²) in [5, 5.41) is 2.70. The molecule has 0 radical (unpaired) electrons. The standard InChI is InChI=1S/C15H16ClN3O3S/c1-11(20)18-15-6-5-13(8-14(15)16)23(21,22)19(2)10-12-4-3-7-17-9-12/h3-9H,10H2,1-2H3,(H,18,20). The van der Waals surface area contributed by atoms with E-state index in [-0.39, 0.29) is 22.4 Å². The lowest BCUT2D eigenvalue weighted by atomic mass is 10.3. The number of halogens is 1. The molecule has 122 valence electrons. The molecule has 0 fully saturated rings. The minimum atomic E-state index is -3.70. The smallest absolute Gasteiger partial charge is 0.243 e. The number of sulfonamides is 1. The summed E-state index contributed by atoms with van der Waals surface area (Å²) in [6, 6.07) is 7.74. The predicted octanol–water partition coefficient (Wildman–Crippen LogP) is 2.51. The highest BCUT2D eigenvalue weighted by Gasteiger charge is 2.22. The Morgan fingerprint density at radius 1 is 1.35 bits per heavy atom. The summed E-state index contributed by atoms with van der Waals surface area (Å²) in [4.78, 5) is 15.1. The average Bonchev–Trinajstić information content (AvgIpc) is 2.49. The Balaban J connectivity index is 2.25. The first-order valence-electron chi connectivity index (χ1n) is 6.73. The molecule has 1 aromatic heterocycles. The van der Waals surface area contributed by atoms with Crippen LogP contribution in [0.25, 0.3) is 0 Å². The van der Waals surface area contributed by atoms with E-state index in [0.29, 0.717) is 5.69 Å². The number of hydrogen-bond donors (Lipinski definition) is 1. The topological polar surface area (TPSA) is 79.4 Å². The van der Waals surface area contributed by atoms with E-state index in [1.54, 1.807) is 24.5 Å². The first kappa shape index (κ1) is 17.4. The van der Waals surface area contributed by atoms with Gasteiger partial charge in [0.1, 0.15) is 0 Å². The molecule has 2 rings (SSSR count). The maximum Gasteiger partial charge on any atom is 0.243 e. The van der Waals surface area contributed by atoms with Crippen LogP contribution in [0.2, 0.25) is 5.02 Å². The number of carbonyl (C=O) groups is 1. The van der Waals surface area contributed by atoms with Gasteiger partial charge in [-0.15, -0.1) is 0 Å². The molecule has 1 heterocycles. The molecule has 0 bridgehead atoms. The maximum atomic E-state index is 12.6. The van der Waals surface area contributed by atoms with Crippen molar-refractivity contribution in [2.45, 2.75) is 18.4 Å². The Bertz CT molecular complexity index is 810. The van der Waals surface area contributed by atoms with E-state index < -0.39 is 10.0 Å². The van der Waals surface area contributed by atoms with E-state index in [1.807, 2.05) is 0 Å². The Labute approximate surface area is 140 Å². The average molecular weight is 354 g/mol. The number of benzene rings is 1. The van der Waals surface area contributed by atoms with Crippen molar-refractivity contribution in [2.24, 2.45) is 0 Å². The van der Waals surface area contributed by atoms with E-state index in [0.717, 1.165) is 5.56 Å². The molecule has 0 saturated heterocycles. The van der Waals surface area contributed by atoms with Crippen LogP contribution in [-0.4, -0.2) is 30.7 Å². The molecule has 1 amide bonds. The van der Waals surface area contributed by atoms with Gasteiger partial charge >= 0.3 is 0 Å². The van der Waals surface area contributed by atoms with Crippen LogP contribution in [0.4, 0.5) is 5.69 Å². The zero-order valence-electron chi connectivity index (χ0n) is 12.7. The Hall–Kier alpha value is -1.96. The number of nitrogens with zero attached hydrogens (tertiary/aromatic N) is 2. The fourth-order valence-electron chi connectivity index (χ4n) is 1.96. The normalized spacial score (nSPS) is 11.5. The molecule has 1 N–H and O–H groups in total. The molecule has 23 heavy (non-hydrogen) atoms. The third-order valence-corrected chi connectivity index (χ3v) is 5.20. The Kier molecular flexibility index (Phi) is 5.35. The summed E-state index contributed by atoms with van der Waals surface area (Å²) in [6.45, 7) is 1.55. The molecule has 6 nitrogen and oxygen atoms in total. The van der Waals surface area contributed by atoms with Crippen molar-refractivity contribution in [3.05, 3.63) is 53.3 Å².